The summed E-state index contributed by atoms with van der Waals surface area (Å²) < 4.78 is 0. The number of hydrogen-bond donors (Lipinski definition) is 1. The second-order valence-corrected chi connectivity index (χ2v) is 4.98. The van der Waals surface area contributed by atoms with Crippen molar-refractivity contribution < 1.29 is 0 Å². The van der Waals surface area contributed by atoms with Crippen molar-refractivity contribution in [1.82, 2.24) is 10.2 Å². The van der Waals surface area contributed by atoms with Gasteiger partial charge < -0.3 is 5.32 Å². The third-order valence-electron chi connectivity index (χ3n) is 3.04. The van der Waals surface area contributed by atoms with Gasteiger partial charge in [-0.3, -0.25) is 4.90 Å². The van der Waals surface area contributed by atoms with Crippen molar-refractivity contribution in [3.05, 3.63) is 0 Å². The van der Waals surface area contributed by atoms with Crippen LogP contribution in [0.3, 0.4) is 0 Å². The molecule has 2 nitrogen and oxygen atoms in total. The number of nitrogens with zero attached hydrogens (tertiary/aromatic N) is 1. The third-order valence-corrected chi connectivity index (χ3v) is 3.04. The quantitative estimate of drug-likeness (QED) is 0.556. The second kappa shape index (κ2) is 1.99. The minimum Gasteiger partial charge on any atom is -0.309 e. The van der Waals surface area contributed by atoms with Crippen LogP contribution in [0.1, 0.15) is 27.2 Å². The lowest BCUT2D eigenvalue weighted by atomic mass is 9.78. The lowest BCUT2D eigenvalue weighted by molar-refractivity contribution is -0.0583. The molecule has 0 radical (unpaired) electrons. The van der Waals surface area contributed by atoms with Gasteiger partial charge in [0.15, 0.2) is 0 Å². The molecule has 0 bridgehead atoms. The van der Waals surface area contributed by atoms with Crippen molar-refractivity contribution in [2.24, 2.45) is 0 Å². The summed E-state index contributed by atoms with van der Waals surface area (Å²) in [7, 11) is 0. The lowest BCUT2D eigenvalue weighted by Gasteiger charge is -2.60. The summed E-state index contributed by atoms with van der Waals surface area (Å²) in [5, 5.41) is 3.52. The fourth-order valence-corrected chi connectivity index (χ4v) is 1.91. The van der Waals surface area contributed by atoms with Crippen molar-refractivity contribution in [2.75, 3.05) is 19.6 Å². The molecule has 0 atom stereocenters. The zero-order valence-corrected chi connectivity index (χ0v) is 7.78. The summed E-state index contributed by atoms with van der Waals surface area (Å²) in [6.07, 6.45) is 1.39. The third kappa shape index (κ3) is 1.09. The zero-order chi connectivity index (χ0) is 8.11. The zero-order valence-electron chi connectivity index (χ0n) is 7.78. The van der Waals surface area contributed by atoms with E-state index in [9.17, 15) is 0 Å². The van der Waals surface area contributed by atoms with Crippen molar-refractivity contribution >= 4 is 0 Å². The number of nitrogens with one attached hydrogen (secondary N) is 1. The number of likely N-dealkylation sites (tertiary alicyclic amines) is 1. The highest BCUT2D eigenvalue weighted by Gasteiger charge is 2.49. The summed E-state index contributed by atoms with van der Waals surface area (Å²) >= 11 is 0. The van der Waals surface area contributed by atoms with Gasteiger partial charge in [0.2, 0.25) is 0 Å². The van der Waals surface area contributed by atoms with Crippen LogP contribution in [-0.2, 0) is 0 Å². The van der Waals surface area contributed by atoms with Gasteiger partial charge in [-0.25, -0.2) is 0 Å². The summed E-state index contributed by atoms with van der Waals surface area (Å²) in [5.41, 5.74) is 0.926. The predicted octanol–water partition coefficient (Wildman–Crippen LogP) is 0.833. The molecule has 2 heterocycles. The van der Waals surface area contributed by atoms with Crippen LogP contribution in [0.15, 0.2) is 0 Å². The van der Waals surface area contributed by atoms with E-state index in [0.717, 1.165) is 0 Å². The molecule has 0 aromatic rings. The van der Waals surface area contributed by atoms with E-state index in [-0.39, 0.29) is 0 Å². The van der Waals surface area contributed by atoms with E-state index < -0.39 is 0 Å². The molecule has 2 rings (SSSR count). The molecule has 2 heteroatoms. The SMILES string of the molecule is CC(C)(C)N1CC2(CCN2)C1. The summed E-state index contributed by atoms with van der Waals surface area (Å²) in [6.45, 7) is 10.6. The van der Waals surface area contributed by atoms with Crippen LogP contribution in [0.5, 0.6) is 0 Å². The van der Waals surface area contributed by atoms with E-state index in [1.807, 2.05) is 0 Å². The highest BCUT2D eigenvalue weighted by molar-refractivity contribution is 5.10. The van der Waals surface area contributed by atoms with Crippen molar-refractivity contribution in [2.45, 2.75) is 38.3 Å². The van der Waals surface area contributed by atoms with E-state index in [1.54, 1.807) is 0 Å². The van der Waals surface area contributed by atoms with Gasteiger partial charge in [0.25, 0.3) is 0 Å². The van der Waals surface area contributed by atoms with Crippen LogP contribution >= 0.6 is 0 Å². The van der Waals surface area contributed by atoms with Crippen LogP contribution < -0.4 is 5.32 Å². The van der Waals surface area contributed by atoms with Gasteiger partial charge in [-0.05, 0) is 33.7 Å². The van der Waals surface area contributed by atoms with Crippen molar-refractivity contribution in [3.8, 4) is 0 Å². The van der Waals surface area contributed by atoms with Gasteiger partial charge in [-0.1, -0.05) is 0 Å². The molecule has 2 aliphatic heterocycles. The Labute approximate surface area is 69.0 Å². The molecule has 0 aliphatic carbocycles. The molecule has 2 fully saturated rings. The first kappa shape index (κ1) is 7.56. The Morgan fingerprint density at radius 1 is 1.27 bits per heavy atom. The highest BCUT2D eigenvalue weighted by atomic mass is 15.3. The van der Waals surface area contributed by atoms with E-state index >= 15 is 0 Å². The molecule has 0 aromatic carbocycles. The molecule has 0 unspecified atom stereocenters. The molecule has 1 N–H and O–H groups in total. The van der Waals surface area contributed by atoms with Gasteiger partial charge in [-0.2, -0.15) is 0 Å². The first-order valence-corrected chi connectivity index (χ1v) is 4.52. The number of hydrogen-bond acceptors (Lipinski definition) is 2. The summed E-state index contributed by atoms with van der Waals surface area (Å²) in [4.78, 5) is 2.54. The molecule has 2 saturated heterocycles. The minimum absolute atomic E-state index is 0.377. The average molecular weight is 154 g/mol. The Kier molecular flexibility index (Phi) is 1.37. The van der Waals surface area contributed by atoms with Crippen LogP contribution in [-0.4, -0.2) is 35.6 Å². The molecule has 2 aliphatic rings. The monoisotopic (exact) mass is 154 g/mol. The maximum atomic E-state index is 3.52. The van der Waals surface area contributed by atoms with Crippen LogP contribution in [0.2, 0.25) is 0 Å². The van der Waals surface area contributed by atoms with E-state index in [0.29, 0.717) is 11.1 Å². The van der Waals surface area contributed by atoms with Gasteiger partial charge in [0, 0.05) is 24.2 Å². The summed E-state index contributed by atoms with van der Waals surface area (Å²) in [5.74, 6) is 0. The van der Waals surface area contributed by atoms with E-state index in [2.05, 4.69) is 31.0 Å². The molecule has 0 saturated carbocycles. The Morgan fingerprint density at radius 3 is 2.09 bits per heavy atom. The minimum atomic E-state index is 0.377. The van der Waals surface area contributed by atoms with Crippen molar-refractivity contribution in [3.63, 3.8) is 0 Å². The maximum Gasteiger partial charge on any atom is 0.0449 e. The van der Waals surface area contributed by atoms with E-state index in [1.165, 1.54) is 26.1 Å². The second-order valence-electron chi connectivity index (χ2n) is 4.98. The Morgan fingerprint density at radius 2 is 1.82 bits per heavy atom. The average Bonchev–Trinajstić information content (AvgIpc) is 1.49. The standard InChI is InChI=1S/C9H18N2/c1-8(2,3)11-6-9(7-11)4-5-10-9/h10H,4-7H2,1-3H3. The topological polar surface area (TPSA) is 15.3 Å². The van der Waals surface area contributed by atoms with Gasteiger partial charge >= 0.3 is 0 Å². The molecule has 1 spiro atoms. The Balaban J connectivity index is 1.88. The fourth-order valence-electron chi connectivity index (χ4n) is 1.91. The van der Waals surface area contributed by atoms with E-state index in [4.69, 9.17) is 0 Å². The van der Waals surface area contributed by atoms with Crippen molar-refractivity contribution in [1.29, 1.82) is 0 Å². The maximum absolute atomic E-state index is 3.52. The fraction of sp³-hybridized carbons (Fsp3) is 1.00. The number of rotatable bonds is 0. The van der Waals surface area contributed by atoms with Gasteiger partial charge in [0.1, 0.15) is 0 Å². The van der Waals surface area contributed by atoms with Crippen LogP contribution in [0.4, 0.5) is 0 Å². The normalized spacial score (nSPS) is 29.7. The smallest absolute Gasteiger partial charge is 0.0449 e. The molecule has 0 amide bonds. The Hall–Kier alpha value is -0.0800. The molecular formula is C9H18N2. The molecule has 0 aromatic heterocycles. The lowest BCUT2D eigenvalue weighted by Crippen LogP contribution is -2.78. The summed E-state index contributed by atoms with van der Waals surface area (Å²) in [6, 6.07) is 0. The Bertz CT molecular complexity index is 157. The largest absolute Gasteiger partial charge is 0.309 e. The first-order valence-electron chi connectivity index (χ1n) is 4.52. The highest BCUT2D eigenvalue weighted by Crippen LogP contribution is 2.34. The molecule has 64 valence electrons. The van der Waals surface area contributed by atoms with Crippen LogP contribution in [0.25, 0.3) is 0 Å². The molecule has 11 heavy (non-hydrogen) atoms. The predicted molar refractivity (Wildman–Crippen MR) is 46.7 cm³/mol. The van der Waals surface area contributed by atoms with Gasteiger partial charge in [-0.15, -0.1) is 0 Å². The molecular weight excluding hydrogens is 136 g/mol. The van der Waals surface area contributed by atoms with Gasteiger partial charge in [0.05, 0.1) is 0 Å². The first-order chi connectivity index (χ1) is 5.02. The van der Waals surface area contributed by atoms with Crippen LogP contribution in [0, 0.1) is 0 Å².